The summed E-state index contributed by atoms with van der Waals surface area (Å²) in [6.45, 7) is 0. The first-order valence-corrected chi connectivity index (χ1v) is 9.30. The number of anilines is 4. The molecule has 0 radical (unpaired) electrons. The highest BCUT2D eigenvalue weighted by Gasteiger charge is 2.34. The second-order valence-corrected chi connectivity index (χ2v) is 7.05. The third-order valence-corrected chi connectivity index (χ3v) is 4.70. The number of hydrogen-bond acceptors (Lipinski definition) is 5. The Morgan fingerprint density at radius 3 is 2.63 bits per heavy atom. The minimum Gasteiger partial charge on any atom is -0.326 e. The lowest BCUT2D eigenvalue weighted by Crippen LogP contribution is -2.36. The molecule has 4 rings (SSSR count). The normalized spacial score (nSPS) is 15.1. The molecule has 2 heterocycles. The predicted molar refractivity (Wildman–Crippen MR) is 111 cm³/mol. The second-order valence-electron chi connectivity index (χ2n) is 6.61. The highest BCUT2D eigenvalue weighted by molar-refractivity contribution is 6.30. The van der Waals surface area contributed by atoms with Gasteiger partial charge in [-0.25, -0.2) is 4.39 Å². The lowest BCUT2D eigenvalue weighted by atomic mass is 9.92. The molecule has 1 aliphatic rings. The maximum atomic E-state index is 13.1. The fourth-order valence-electron chi connectivity index (χ4n) is 3.12. The third kappa shape index (κ3) is 4.15. The summed E-state index contributed by atoms with van der Waals surface area (Å²) < 4.78 is 13.1. The number of fused-ring (bicyclic) bond motifs is 1. The zero-order valence-electron chi connectivity index (χ0n) is 15.3. The van der Waals surface area contributed by atoms with E-state index in [0.29, 0.717) is 16.4 Å². The van der Waals surface area contributed by atoms with E-state index in [9.17, 15) is 18.8 Å². The molecule has 30 heavy (non-hydrogen) atoms. The van der Waals surface area contributed by atoms with Crippen molar-refractivity contribution in [2.75, 3.05) is 16.0 Å². The summed E-state index contributed by atoms with van der Waals surface area (Å²) in [6, 6.07) is 12.0. The molecular weight excluding hydrogens is 413 g/mol. The highest BCUT2D eigenvalue weighted by Crippen LogP contribution is 2.30. The van der Waals surface area contributed by atoms with Gasteiger partial charge in [0.05, 0.1) is 11.5 Å². The van der Waals surface area contributed by atoms with Crippen molar-refractivity contribution in [2.45, 2.75) is 12.3 Å². The SMILES string of the molecule is O=C1C[C@H](C(=O)Nc2cccc(Cl)c2)c2c(nc(Nc3ccc(F)cc3)[nH]c2=O)N1. The lowest BCUT2D eigenvalue weighted by molar-refractivity contribution is -0.123. The van der Waals surface area contributed by atoms with Gasteiger partial charge in [-0.15, -0.1) is 0 Å². The van der Waals surface area contributed by atoms with Gasteiger partial charge < -0.3 is 16.0 Å². The van der Waals surface area contributed by atoms with E-state index in [-0.39, 0.29) is 23.8 Å². The molecule has 0 fully saturated rings. The Kier molecular flexibility index (Phi) is 5.20. The number of hydrogen-bond donors (Lipinski definition) is 4. The monoisotopic (exact) mass is 427 g/mol. The zero-order chi connectivity index (χ0) is 21.3. The summed E-state index contributed by atoms with van der Waals surface area (Å²) in [7, 11) is 0. The van der Waals surface area contributed by atoms with Gasteiger partial charge in [0.2, 0.25) is 17.8 Å². The molecule has 4 N–H and O–H groups in total. The molecule has 0 saturated heterocycles. The molecule has 0 saturated carbocycles. The zero-order valence-corrected chi connectivity index (χ0v) is 16.1. The lowest BCUT2D eigenvalue weighted by Gasteiger charge is -2.23. The van der Waals surface area contributed by atoms with E-state index in [0.717, 1.165) is 0 Å². The maximum absolute atomic E-state index is 13.1. The number of amides is 2. The van der Waals surface area contributed by atoms with Gasteiger partial charge in [-0.2, -0.15) is 4.98 Å². The van der Waals surface area contributed by atoms with Crippen LogP contribution >= 0.6 is 11.6 Å². The average molecular weight is 428 g/mol. The summed E-state index contributed by atoms with van der Waals surface area (Å²) in [5, 5.41) is 8.45. The Morgan fingerprint density at radius 2 is 1.90 bits per heavy atom. The smallest absolute Gasteiger partial charge is 0.258 e. The first-order chi connectivity index (χ1) is 14.4. The van der Waals surface area contributed by atoms with Crippen LogP contribution in [0.5, 0.6) is 0 Å². The summed E-state index contributed by atoms with van der Waals surface area (Å²) in [5.74, 6) is -2.37. The topological polar surface area (TPSA) is 116 Å². The molecule has 3 aromatic rings. The number of carbonyl (C=O) groups excluding carboxylic acids is 2. The molecular formula is C20H15ClFN5O3. The molecule has 2 amide bonds. The number of carbonyl (C=O) groups is 2. The van der Waals surface area contributed by atoms with Crippen molar-refractivity contribution >= 4 is 46.6 Å². The summed E-state index contributed by atoms with van der Waals surface area (Å²) in [6.07, 6.45) is -0.200. The summed E-state index contributed by atoms with van der Waals surface area (Å²) >= 11 is 5.93. The number of nitrogens with zero attached hydrogens (tertiary/aromatic N) is 1. The Bertz CT molecular complexity index is 1200. The van der Waals surface area contributed by atoms with E-state index in [1.807, 2.05) is 0 Å². The average Bonchev–Trinajstić information content (AvgIpc) is 2.69. The van der Waals surface area contributed by atoms with Crippen molar-refractivity contribution in [3.05, 3.63) is 75.3 Å². The van der Waals surface area contributed by atoms with Crippen molar-refractivity contribution in [1.82, 2.24) is 9.97 Å². The van der Waals surface area contributed by atoms with E-state index >= 15 is 0 Å². The number of halogens is 2. The predicted octanol–water partition coefficient (Wildman–Crippen LogP) is 3.37. The summed E-state index contributed by atoms with van der Waals surface area (Å²) in [5.41, 5.74) is 0.408. The van der Waals surface area contributed by atoms with Gasteiger partial charge in [-0.05, 0) is 42.5 Å². The molecule has 1 atom stereocenters. The molecule has 0 unspecified atom stereocenters. The number of benzene rings is 2. The van der Waals surface area contributed by atoms with Crippen molar-refractivity contribution < 1.29 is 14.0 Å². The maximum Gasteiger partial charge on any atom is 0.258 e. The molecule has 0 aliphatic carbocycles. The van der Waals surface area contributed by atoms with Crippen molar-refractivity contribution in [3.63, 3.8) is 0 Å². The number of rotatable bonds is 4. The van der Waals surface area contributed by atoms with Crippen LogP contribution in [0.1, 0.15) is 17.9 Å². The van der Waals surface area contributed by atoms with Crippen LogP contribution in [0, 0.1) is 5.82 Å². The highest BCUT2D eigenvalue weighted by atomic mass is 35.5. The Morgan fingerprint density at radius 1 is 1.13 bits per heavy atom. The van der Waals surface area contributed by atoms with E-state index in [1.165, 1.54) is 24.3 Å². The molecule has 1 aliphatic heterocycles. The first-order valence-electron chi connectivity index (χ1n) is 8.92. The van der Waals surface area contributed by atoms with Crippen LogP contribution in [-0.2, 0) is 9.59 Å². The summed E-state index contributed by atoms with van der Waals surface area (Å²) in [4.78, 5) is 44.4. The van der Waals surface area contributed by atoms with Crippen LogP contribution in [0.25, 0.3) is 0 Å². The van der Waals surface area contributed by atoms with Gasteiger partial charge >= 0.3 is 0 Å². The van der Waals surface area contributed by atoms with Gasteiger partial charge in [0.25, 0.3) is 5.56 Å². The van der Waals surface area contributed by atoms with Gasteiger partial charge in [0.15, 0.2) is 0 Å². The van der Waals surface area contributed by atoms with Crippen LogP contribution in [-0.4, -0.2) is 21.8 Å². The fraction of sp³-hybridized carbons (Fsp3) is 0.100. The number of aromatic nitrogens is 2. The molecule has 0 spiro atoms. The van der Waals surface area contributed by atoms with Crippen LogP contribution in [0.2, 0.25) is 5.02 Å². The van der Waals surface area contributed by atoms with E-state index in [1.54, 1.807) is 24.3 Å². The minimum atomic E-state index is -1.02. The Hall–Kier alpha value is -3.72. The molecule has 2 aromatic carbocycles. The fourth-order valence-corrected chi connectivity index (χ4v) is 3.31. The Labute approximate surface area is 174 Å². The van der Waals surface area contributed by atoms with Gasteiger partial charge in [0.1, 0.15) is 11.6 Å². The first kappa shape index (κ1) is 19.6. The van der Waals surface area contributed by atoms with Crippen molar-refractivity contribution in [3.8, 4) is 0 Å². The number of aromatic amines is 1. The van der Waals surface area contributed by atoms with Gasteiger partial charge in [0, 0.05) is 22.8 Å². The minimum absolute atomic E-state index is 0.00847. The molecule has 0 bridgehead atoms. The largest absolute Gasteiger partial charge is 0.326 e. The number of nitrogens with one attached hydrogen (secondary N) is 4. The third-order valence-electron chi connectivity index (χ3n) is 4.47. The van der Waals surface area contributed by atoms with Gasteiger partial charge in [-0.1, -0.05) is 17.7 Å². The molecule has 8 nitrogen and oxygen atoms in total. The van der Waals surface area contributed by atoms with Gasteiger partial charge in [-0.3, -0.25) is 19.4 Å². The molecule has 152 valence electrons. The van der Waals surface area contributed by atoms with Crippen LogP contribution in [0.15, 0.2) is 53.3 Å². The van der Waals surface area contributed by atoms with Crippen molar-refractivity contribution in [2.24, 2.45) is 0 Å². The van der Waals surface area contributed by atoms with Crippen molar-refractivity contribution in [1.29, 1.82) is 0 Å². The quantitative estimate of drug-likeness (QED) is 0.509. The van der Waals surface area contributed by atoms with Crippen LogP contribution in [0.4, 0.5) is 27.5 Å². The molecule has 1 aromatic heterocycles. The van der Waals surface area contributed by atoms with E-state index in [4.69, 9.17) is 11.6 Å². The standard InChI is InChI=1S/C20H15ClFN5O3/c21-10-2-1-3-13(8-10)23-18(29)14-9-15(28)25-17-16(14)19(30)27-20(26-17)24-12-6-4-11(22)5-7-12/h1-8,14H,9H2,(H,23,29)(H3,24,25,26,27,28,30)/t14-/m0/s1. The van der Waals surface area contributed by atoms with Crippen LogP contribution in [0.3, 0.4) is 0 Å². The molecule has 10 heteroatoms. The van der Waals surface area contributed by atoms with E-state index < -0.39 is 29.1 Å². The van der Waals surface area contributed by atoms with E-state index in [2.05, 4.69) is 25.9 Å². The second kappa shape index (κ2) is 7.96. The number of H-pyrrole nitrogens is 1. The Balaban J connectivity index is 1.63. The van der Waals surface area contributed by atoms with Crippen LogP contribution < -0.4 is 21.5 Å².